The number of carbonyl (C=O) groups is 1. The van der Waals surface area contributed by atoms with Crippen LogP contribution in [0.2, 0.25) is 0 Å². The molecule has 84 valence electrons. The van der Waals surface area contributed by atoms with Crippen molar-refractivity contribution in [1.29, 1.82) is 5.26 Å². The van der Waals surface area contributed by atoms with Gasteiger partial charge in [0.25, 0.3) is 0 Å². The van der Waals surface area contributed by atoms with Crippen LogP contribution < -0.4 is 0 Å². The second-order valence-electron chi connectivity index (χ2n) is 4.25. The Kier molecular flexibility index (Phi) is 4.19. The Morgan fingerprint density at radius 1 is 1.38 bits per heavy atom. The topological polar surface area (TPSA) is 53.8 Å². The molecule has 1 rings (SSSR count). The van der Waals surface area contributed by atoms with Gasteiger partial charge < -0.3 is 0 Å². The molecule has 0 aliphatic rings. The Morgan fingerprint density at radius 3 is 2.50 bits per heavy atom. The molecule has 3 nitrogen and oxygen atoms in total. The van der Waals surface area contributed by atoms with Crippen molar-refractivity contribution >= 4 is 5.78 Å². The summed E-state index contributed by atoms with van der Waals surface area (Å²) in [6, 6.07) is 7.33. The third-order valence-corrected chi connectivity index (χ3v) is 2.85. The zero-order valence-electron chi connectivity index (χ0n) is 9.84. The van der Waals surface area contributed by atoms with Gasteiger partial charge >= 0.3 is 0 Å². The summed E-state index contributed by atoms with van der Waals surface area (Å²) in [5.74, 6) is -0.659. The third kappa shape index (κ3) is 2.66. The minimum Gasteiger partial charge on any atom is -0.297 e. The first-order valence-electron chi connectivity index (χ1n) is 5.42. The number of ketones is 1. The van der Waals surface area contributed by atoms with Gasteiger partial charge in [0.2, 0.25) is 0 Å². The molecule has 0 bridgehead atoms. The zero-order valence-corrected chi connectivity index (χ0v) is 9.84. The quantitative estimate of drug-likeness (QED) is 0.777. The van der Waals surface area contributed by atoms with Crippen molar-refractivity contribution in [3.63, 3.8) is 0 Å². The third-order valence-electron chi connectivity index (χ3n) is 2.85. The highest BCUT2D eigenvalue weighted by Crippen LogP contribution is 2.22. The van der Waals surface area contributed by atoms with Crippen LogP contribution in [0.4, 0.5) is 0 Å². The fourth-order valence-corrected chi connectivity index (χ4v) is 1.41. The molecule has 1 aromatic heterocycles. The smallest absolute Gasteiger partial charge is 0.159 e. The number of nitrogens with zero attached hydrogens (tertiary/aromatic N) is 2. The molecule has 0 aliphatic heterocycles. The summed E-state index contributed by atoms with van der Waals surface area (Å²) in [6.07, 6.45) is 1.60. The fourth-order valence-electron chi connectivity index (χ4n) is 1.41. The predicted molar refractivity (Wildman–Crippen MR) is 61.6 cm³/mol. The van der Waals surface area contributed by atoms with Gasteiger partial charge in [0, 0.05) is 12.1 Å². The number of Topliss-reactive ketones (excluding diaryl/α,β-unsaturated/α-hetero) is 1. The lowest BCUT2D eigenvalue weighted by Gasteiger charge is -2.17. The number of carbonyl (C=O) groups excluding carboxylic acids is 1. The van der Waals surface area contributed by atoms with Crippen molar-refractivity contribution in [2.45, 2.75) is 26.7 Å². The molecule has 0 radical (unpaired) electrons. The number of hydrogen-bond donors (Lipinski definition) is 0. The standard InChI is InChI=1S/C13H16N2O/c1-9(2)10(3)13(16)11(8-14)12-6-4-5-7-15-12/h4-7,9-11H,1-3H3. The largest absolute Gasteiger partial charge is 0.297 e. The van der Waals surface area contributed by atoms with Crippen LogP contribution in [0.1, 0.15) is 32.4 Å². The first-order chi connectivity index (χ1) is 7.57. The van der Waals surface area contributed by atoms with E-state index in [9.17, 15) is 4.79 Å². The number of aromatic nitrogens is 1. The lowest BCUT2D eigenvalue weighted by molar-refractivity contribution is -0.123. The Balaban J connectivity index is 2.93. The average Bonchev–Trinajstić information content (AvgIpc) is 2.30. The average molecular weight is 216 g/mol. The molecule has 0 saturated carbocycles. The van der Waals surface area contributed by atoms with Crippen molar-refractivity contribution in [3.05, 3.63) is 30.1 Å². The van der Waals surface area contributed by atoms with E-state index in [1.165, 1.54) is 0 Å². The fraction of sp³-hybridized carbons (Fsp3) is 0.462. The number of pyridine rings is 1. The molecule has 0 saturated heterocycles. The molecule has 1 heterocycles. The van der Waals surface area contributed by atoms with E-state index in [0.29, 0.717) is 5.69 Å². The van der Waals surface area contributed by atoms with Crippen molar-refractivity contribution in [2.24, 2.45) is 11.8 Å². The van der Waals surface area contributed by atoms with Crippen LogP contribution in [0.25, 0.3) is 0 Å². The van der Waals surface area contributed by atoms with Crippen LogP contribution in [0.5, 0.6) is 0 Å². The Labute approximate surface area is 96.1 Å². The van der Waals surface area contributed by atoms with E-state index in [4.69, 9.17) is 5.26 Å². The molecule has 2 unspecified atom stereocenters. The van der Waals surface area contributed by atoms with Crippen molar-refractivity contribution in [3.8, 4) is 6.07 Å². The lowest BCUT2D eigenvalue weighted by Crippen LogP contribution is -2.23. The van der Waals surface area contributed by atoms with Crippen LogP contribution in [0, 0.1) is 23.2 Å². The van der Waals surface area contributed by atoms with Gasteiger partial charge in [-0.1, -0.05) is 26.8 Å². The molecule has 0 aliphatic carbocycles. The second-order valence-corrected chi connectivity index (χ2v) is 4.25. The Hall–Kier alpha value is -1.69. The monoisotopic (exact) mass is 216 g/mol. The van der Waals surface area contributed by atoms with Crippen LogP contribution >= 0.6 is 0 Å². The van der Waals surface area contributed by atoms with Gasteiger partial charge in [-0.25, -0.2) is 0 Å². The highest BCUT2D eigenvalue weighted by molar-refractivity contribution is 5.89. The van der Waals surface area contributed by atoms with Crippen molar-refractivity contribution in [2.75, 3.05) is 0 Å². The summed E-state index contributed by atoms with van der Waals surface area (Å²) in [7, 11) is 0. The van der Waals surface area contributed by atoms with E-state index >= 15 is 0 Å². The molecule has 0 fully saturated rings. The molecule has 0 spiro atoms. The van der Waals surface area contributed by atoms with Gasteiger partial charge in [-0.2, -0.15) is 5.26 Å². The Bertz CT molecular complexity index is 392. The summed E-state index contributed by atoms with van der Waals surface area (Å²) < 4.78 is 0. The normalized spacial score (nSPS) is 14.2. The van der Waals surface area contributed by atoms with Crippen LogP contribution in [-0.2, 0) is 4.79 Å². The number of rotatable bonds is 4. The first-order valence-corrected chi connectivity index (χ1v) is 5.42. The zero-order chi connectivity index (χ0) is 12.1. The van der Waals surface area contributed by atoms with Crippen LogP contribution in [0.3, 0.4) is 0 Å². The van der Waals surface area contributed by atoms with Gasteiger partial charge in [-0.3, -0.25) is 9.78 Å². The van der Waals surface area contributed by atoms with E-state index in [1.807, 2.05) is 26.8 Å². The first kappa shape index (κ1) is 12.4. The summed E-state index contributed by atoms with van der Waals surface area (Å²) in [4.78, 5) is 16.1. The molecule has 3 heteroatoms. The molecule has 2 atom stereocenters. The molecular formula is C13H16N2O. The highest BCUT2D eigenvalue weighted by Gasteiger charge is 2.27. The minimum absolute atomic E-state index is 0.0452. The minimum atomic E-state index is -0.737. The maximum atomic E-state index is 12.1. The predicted octanol–water partition coefficient (Wildman–Crippen LogP) is 2.55. The van der Waals surface area contributed by atoms with E-state index in [2.05, 4.69) is 4.98 Å². The van der Waals surface area contributed by atoms with Crippen LogP contribution in [0.15, 0.2) is 24.4 Å². The SMILES string of the molecule is CC(C)C(C)C(=O)C(C#N)c1ccccn1. The van der Waals surface area contributed by atoms with E-state index < -0.39 is 5.92 Å². The molecule has 0 N–H and O–H groups in total. The summed E-state index contributed by atoms with van der Waals surface area (Å²) in [6.45, 7) is 5.82. The number of nitriles is 1. The van der Waals surface area contributed by atoms with Gasteiger partial charge in [0.15, 0.2) is 5.78 Å². The highest BCUT2D eigenvalue weighted by atomic mass is 16.1. The summed E-state index contributed by atoms with van der Waals surface area (Å²) in [5.41, 5.74) is 0.544. The van der Waals surface area contributed by atoms with Crippen LogP contribution in [-0.4, -0.2) is 10.8 Å². The van der Waals surface area contributed by atoms with Gasteiger partial charge in [-0.15, -0.1) is 0 Å². The molecule has 16 heavy (non-hydrogen) atoms. The van der Waals surface area contributed by atoms with E-state index in [1.54, 1.807) is 24.4 Å². The molecule has 0 amide bonds. The van der Waals surface area contributed by atoms with Gasteiger partial charge in [0.1, 0.15) is 5.92 Å². The van der Waals surface area contributed by atoms with Gasteiger partial charge in [-0.05, 0) is 18.1 Å². The second kappa shape index (κ2) is 5.41. The Morgan fingerprint density at radius 2 is 2.06 bits per heavy atom. The molecule has 1 aromatic rings. The lowest BCUT2D eigenvalue weighted by atomic mass is 9.85. The van der Waals surface area contributed by atoms with Gasteiger partial charge in [0.05, 0.1) is 11.8 Å². The van der Waals surface area contributed by atoms with E-state index in [-0.39, 0.29) is 17.6 Å². The maximum Gasteiger partial charge on any atom is 0.159 e. The maximum absolute atomic E-state index is 12.1. The number of hydrogen-bond acceptors (Lipinski definition) is 3. The summed E-state index contributed by atoms with van der Waals surface area (Å²) >= 11 is 0. The molecule has 0 aromatic carbocycles. The van der Waals surface area contributed by atoms with E-state index in [0.717, 1.165) is 0 Å². The molecular weight excluding hydrogens is 200 g/mol. The van der Waals surface area contributed by atoms with Crippen molar-refractivity contribution in [1.82, 2.24) is 4.98 Å². The van der Waals surface area contributed by atoms with Crippen molar-refractivity contribution < 1.29 is 4.79 Å². The summed E-state index contributed by atoms with van der Waals surface area (Å²) in [5, 5.41) is 9.07.